The van der Waals surface area contributed by atoms with Gasteiger partial charge in [0.25, 0.3) is 0 Å². The largest absolute Gasteiger partial charge is 0.497 e. The lowest BCUT2D eigenvalue weighted by Crippen LogP contribution is -2.21. The fourth-order valence-corrected chi connectivity index (χ4v) is 1.82. The van der Waals surface area contributed by atoms with E-state index in [4.69, 9.17) is 15.2 Å². The second-order valence-corrected chi connectivity index (χ2v) is 4.66. The second kappa shape index (κ2) is 6.91. The first-order chi connectivity index (χ1) is 9.71. The van der Waals surface area contributed by atoms with Crippen molar-refractivity contribution in [1.82, 2.24) is 4.98 Å². The lowest BCUT2D eigenvalue weighted by atomic mass is 10.1. The number of methoxy groups -OCH3 is 1. The Morgan fingerprint density at radius 3 is 2.65 bits per heavy atom. The summed E-state index contributed by atoms with van der Waals surface area (Å²) in [5.74, 6) is 2.02. The van der Waals surface area contributed by atoms with Crippen LogP contribution in [0.5, 0.6) is 17.4 Å². The molecule has 1 atom stereocenters. The number of hydrogen-bond donors (Lipinski definition) is 1. The normalized spacial score (nSPS) is 11.9. The van der Waals surface area contributed by atoms with E-state index in [0.717, 1.165) is 24.2 Å². The topological polar surface area (TPSA) is 57.4 Å². The summed E-state index contributed by atoms with van der Waals surface area (Å²) in [6.45, 7) is 2.08. The minimum atomic E-state index is 0.182. The van der Waals surface area contributed by atoms with Gasteiger partial charge < -0.3 is 15.2 Å². The van der Waals surface area contributed by atoms with E-state index in [2.05, 4.69) is 11.9 Å². The number of nitrogens with zero attached hydrogens (tertiary/aromatic N) is 1. The summed E-state index contributed by atoms with van der Waals surface area (Å²) in [6, 6.07) is 11.5. The van der Waals surface area contributed by atoms with E-state index in [9.17, 15) is 0 Å². The highest BCUT2D eigenvalue weighted by molar-refractivity contribution is 5.35. The molecular weight excluding hydrogens is 252 g/mol. The van der Waals surface area contributed by atoms with Crippen molar-refractivity contribution in [3.8, 4) is 17.4 Å². The first-order valence-electron chi connectivity index (χ1n) is 6.73. The average Bonchev–Trinajstić information content (AvgIpc) is 2.49. The maximum absolute atomic E-state index is 5.93. The standard InChI is InChI=1S/C16H20N2O2/c1-3-13(17)9-12-7-8-16(18-11-12)20-15-6-4-5-14(10-15)19-2/h4-8,10-11,13H,3,9,17H2,1-2H3. The van der Waals surface area contributed by atoms with Crippen LogP contribution in [0.2, 0.25) is 0 Å². The molecule has 0 amide bonds. The molecule has 0 aliphatic heterocycles. The van der Waals surface area contributed by atoms with Crippen molar-refractivity contribution in [2.45, 2.75) is 25.8 Å². The smallest absolute Gasteiger partial charge is 0.219 e. The molecule has 2 aromatic rings. The average molecular weight is 272 g/mol. The van der Waals surface area contributed by atoms with Crippen LogP contribution in [0.15, 0.2) is 42.6 Å². The van der Waals surface area contributed by atoms with Gasteiger partial charge in [0.2, 0.25) is 5.88 Å². The van der Waals surface area contributed by atoms with Gasteiger partial charge in [0.1, 0.15) is 11.5 Å². The van der Waals surface area contributed by atoms with E-state index in [-0.39, 0.29) is 6.04 Å². The Morgan fingerprint density at radius 2 is 2.00 bits per heavy atom. The molecule has 1 heterocycles. The van der Waals surface area contributed by atoms with E-state index in [1.165, 1.54) is 0 Å². The third kappa shape index (κ3) is 3.96. The van der Waals surface area contributed by atoms with Crippen LogP contribution in [0.25, 0.3) is 0 Å². The first-order valence-corrected chi connectivity index (χ1v) is 6.73. The number of pyridine rings is 1. The van der Waals surface area contributed by atoms with Gasteiger partial charge in [-0.1, -0.05) is 19.1 Å². The summed E-state index contributed by atoms with van der Waals surface area (Å²) >= 11 is 0. The third-order valence-corrected chi connectivity index (χ3v) is 3.08. The van der Waals surface area contributed by atoms with E-state index >= 15 is 0 Å². The number of aromatic nitrogens is 1. The van der Waals surface area contributed by atoms with Crippen LogP contribution >= 0.6 is 0 Å². The molecule has 0 radical (unpaired) electrons. The van der Waals surface area contributed by atoms with Crippen LogP contribution < -0.4 is 15.2 Å². The molecule has 4 nitrogen and oxygen atoms in total. The summed E-state index contributed by atoms with van der Waals surface area (Å²) in [6.07, 6.45) is 3.61. The molecule has 2 rings (SSSR count). The van der Waals surface area contributed by atoms with Gasteiger partial charge in [-0.25, -0.2) is 4.98 Å². The van der Waals surface area contributed by atoms with Crippen molar-refractivity contribution in [1.29, 1.82) is 0 Å². The van der Waals surface area contributed by atoms with Gasteiger partial charge in [-0.05, 0) is 30.5 Å². The summed E-state index contributed by atoms with van der Waals surface area (Å²) in [7, 11) is 1.63. The zero-order valence-corrected chi connectivity index (χ0v) is 11.9. The van der Waals surface area contributed by atoms with Gasteiger partial charge in [0.15, 0.2) is 0 Å². The number of nitrogens with two attached hydrogens (primary N) is 1. The Bertz CT molecular complexity index is 540. The number of hydrogen-bond acceptors (Lipinski definition) is 4. The molecule has 20 heavy (non-hydrogen) atoms. The Kier molecular flexibility index (Phi) is 4.96. The summed E-state index contributed by atoms with van der Waals surface area (Å²) in [5.41, 5.74) is 7.05. The quantitative estimate of drug-likeness (QED) is 0.877. The monoisotopic (exact) mass is 272 g/mol. The first kappa shape index (κ1) is 14.3. The molecule has 0 aliphatic carbocycles. The van der Waals surface area contributed by atoms with Gasteiger partial charge in [0.05, 0.1) is 7.11 Å². The number of ether oxygens (including phenoxy) is 2. The highest BCUT2D eigenvalue weighted by atomic mass is 16.5. The summed E-state index contributed by atoms with van der Waals surface area (Å²) < 4.78 is 10.8. The van der Waals surface area contributed by atoms with Crippen molar-refractivity contribution < 1.29 is 9.47 Å². The molecule has 1 aromatic heterocycles. The van der Waals surface area contributed by atoms with Crippen molar-refractivity contribution in [2.75, 3.05) is 7.11 Å². The molecule has 106 valence electrons. The van der Waals surface area contributed by atoms with E-state index in [1.807, 2.05) is 42.6 Å². The molecule has 0 saturated heterocycles. The maximum atomic E-state index is 5.93. The van der Waals surface area contributed by atoms with Gasteiger partial charge in [0, 0.05) is 24.4 Å². The molecule has 0 spiro atoms. The summed E-state index contributed by atoms with van der Waals surface area (Å²) in [5, 5.41) is 0. The van der Waals surface area contributed by atoms with Gasteiger partial charge in [-0.15, -0.1) is 0 Å². The Labute approximate surface area is 119 Å². The Balaban J connectivity index is 2.02. The highest BCUT2D eigenvalue weighted by Crippen LogP contribution is 2.23. The zero-order chi connectivity index (χ0) is 14.4. The van der Waals surface area contributed by atoms with Crippen molar-refractivity contribution in [3.05, 3.63) is 48.2 Å². The minimum absolute atomic E-state index is 0.182. The second-order valence-electron chi connectivity index (χ2n) is 4.66. The number of rotatable bonds is 6. The molecule has 0 bridgehead atoms. The number of benzene rings is 1. The van der Waals surface area contributed by atoms with Crippen molar-refractivity contribution >= 4 is 0 Å². The van der Waals surface area contributed by atoms with Gasteiger partial charge >= 0.3 is 0 Å². The highest BCUT2D eigenvalue weighted by Gasteiger charge is 2.04. The molecule has 1 aromatic carbocycles. The molecule has 0 fully saturated rings. The lowest BCUT2D eigenvalue weighted by Gasteiger charge is -2.09. The fraction of sp³-hybridized carbons (Fsp3) is 0.312. The van der Waals surface area contributed by atoms with E-state index < -0.39 is 0 Å². The zero-order valence-electron chi connectivity index (χ0n) is 11.9. The predicted octanol–water partition coefficient (Wildman–Crippen LogP) is 3.16. The molecule has 4 heteroatoms. The van der Waals surface area contributed by atoms with Crippen LogP contribution in [-0.4, -0.2) is 18.1 Å². The molecule has 2 N–H and O–H groups in total. The van der Waals surface area contributed by atoms with Crippen LogP contribution in [0.1, 0.15) is 18.9 Å². The molecule has 1 unspecified atom stereocenters. The fourth-order valence-electron chi connectivity index (χ4n) is 1.82. The van der Waals surface area contributed by atoms with Crippen LogP contribution in [-0.2, 0) is 6.42 Å². The van der Waals surface area contributed by atoms with E-state index in [0.29, 0.717) is 11.6 Å². The molecule has 0 saturated carbocycles. The van der Waals surface area contributed by atoms with Crippen LogP contribution in [0.3, 0.4) is 0 Å². The van der Waals surface area contributed by atoms with Crippen LogP contribution in [0.4, 0.5) is 0 Å². The SMILES string of the molecule is CCC(N)Cc1ccc(Oc2cccc(OC)c2)nc1. The van der Waals surface area contributed by atoms with Gasteiger partial charge in [-0.3, -0.25) is 0 Å². The van der Waals surface area contributed by atoms with Crippen molar-refractivity contribution in [2.24, 2.45) is 5.73 Å². The van der Waals surface area contributed by atoms with Crippen molar-refractivity contribution in [3.63, 3.8) is 0 Å². The molecular formula is C16H20N2O2. The summed E-state index contributed by atoms with van der Waals surface area (Å²) in [4.78, 5) is 4.30. The minimum Gasteiger partial charge on any atom is -0.497 e. The van der Waals surface area contributed by atoms with Gasteiger partial charge in [-0.2, -0.15) is 0 Å². The molecule has 0 aliphatic rings. The Hall–Kier alpha value is -2.07. The third-order valence-electron chi connectivity index (χ3n) is 3.08. The Morgan fingerprint density at radius 1 is 1.20 bits per heavy atom. The van der Waals surface area contributed by atoms with Crippen LogP contribution in [0, 0.1) is 0 Å². The lowest BCUT2D eigenvalue weighted by molar-refractivity contribution is 0.407. The maximum Gasteiger partial charge on any atom is 0.219 e. The predicted molar refractivity (Wildman–Crippen MR) is 79.3 cm³/mol. The van der Waals surface area contributed by atoms with E-state index in [1.54, 1.807) is 7.11 Å².